The number of carbonyl (C=O) groups is 2. The third-order valence-electron chi connectivity index (χ3n) is 2.94. The van der Waals surface area contributed by atoms with Crippen molar-refractivity contribution in [1.29, 1.82) is 0 Å². The van der Waals surface area contributed by atoms with Crippen LogP contribution < -0.4 is 0 Å². The molecule has 0 saturated heterocycles. The van der Waals surface area contributed by atoms with Gasteiger partial charge in [0.15, 0.2) is 5.78 Å². The molecule has 1 N–H and O–H groups in total. The van der Waals surface area contributed by atoms with E-state index in [1.165, 1.54) is 17.8 Å². The fourth-order valence-corrected chi connectivity index (χ4v) is 2.68. The van der Waals surface area contributed by atoms with E-state index in [0.717, 1.165) is 4.90 Å². The lowest BCUT2D eigenvalue weighted by Crippen LogP contribution is -2.09. The van der Waals surface area contributed by atoms with Crippen LogP contribution in [0.2, 0.25) is 0 Å². The van der Waals surface area contributed by atoms with Gasteiger partial charge >= 0.3 is 5.97 Å². The van der Waals surface area contributed by atoms with Gasteiger partial charge in [-0.2, -0.15) is 0 Å². The number of ether oxygens (including phenoxy) is 1. The highest BCUT2D eigenvalue weighted by Gasteiger charge is 2.16. The van der Waals surface area contributed by atoms with E-state index in [0.29, 0.717) is 5.03 Å². The molecule has 0 aliphatic rings. The van der Waals surface area contributed by atoms with E-state index in [4.69, 9.17) is 4.74 Å². The SMILES string of the molecule is CCOC(=O)CCC(=O)c1nc(Sc2ccccc2)ccc1O. The summed E-state index contributed by atoms with van der Waals surface area (Å²) in [5.41, 5.74) is -0.0183. The van der Waals surface area contributed by atoms with E-state index >= 15 is 0 Å². The Kier molecular flexibility index (Phi) is 6.17. The van der Waals surface area contributed by atoms with Gasteiger partial charge in [-0.3, -0.25) is 9.59 Å². The number of hydrogen-bond acceptors (Lipinski definition) is 6. The molecule has 0 aliphatic carbocycles. The summed E-state index contributed by atoms with van der Waals surface area (Å²) in [5, 5.41) is 10.4. The Labute approximate surface area is 138 Å². The molecule has 1 aromatic heterocycles. The van der Waals surface area contributed by atoms with Crippen molar-refractivity contribution in [3.63, 3.8) is 0 Å². The van der Waals surface area contributed by atoms with Crippen LogP contribution in [0.3, 0.4) is 0 Å². The predicted octanol–water partition coefficient (Wildman–Crippen LogP) is 3.46. The van der Waals surface area contributed by atoms with Crippen molar-refractivity contribution in [3.8, 4) is 5.75 Å². The van der Waals surface area contributed by atoms with Gasteiger partial charge in [-0.15, -0.1) is 0 Å². The summed E-state index contributed by atoms with van der Waals surface area (Å²) < 4.78 is 4.78. The Hall–Kier alpha value is -2.34. The Bertz CT molecular complexity index is 688. The summed E-state index contributed by atoms with van der Waals surface area (Å²) in [6.07, 6.45) is -0.0668. The Morgan fingerprint density at radius 1 is 1.13 bits per heavy atom. The molecular formula is C17H17NO4S. The second-order valence-corrected chi connectivity index (χ2v) is 5.75. The monoisotopic (exact) mass is 331 g/mol. The first-order chi connectivity index (χ1) is 11.1. The van der Waals surface area contributed by atoms with E-state index in [1.807, 2.05) is 30.3 Å². The number of benzene rings is 1. The molecule has 5 nitrogen and oxygen atoms in total. The summed E-state index contributed by atoms with van der Waals surface area (Å²) in [7, 11) is 0. The molecule has 0 amide bonds. The van der Waals surface area contributed by atoms with Crippen molar-refractivity contribution >= 4 is 23.5 Å². The third-order valence-corrected chi connectivity index (χ3v) is 3.88. The zero-order valence-corrected chi connectivity index (χ0v) is 13.5. The van der Waals surface area contributed by atoms with Crippen LogP contribution in [0.5, 0.6) is 5.75 Å². The normalized spacial score (nSPS) is 10.3. The number of Topliss-reactive ketones (excluding diaryl/α,β-unsaturated/α-hetero) is 1. The summed E-state index contributed by atoms with van der Waals surface area (Å²) in [5.74, 6) is -1.00. The Morgan fingerprint density at radius 2 is 1.87 bits per heavy atom. The molecule has 1 heterocycles. The zero-order valence-electron chi connectivity index (χ0n) is 12.7. The van der Waals surface area contributed by atoms with Crippen molar-refractivity contribution < 1.29 is 19.4 Å². The van der Waals surface area contributed by atoms with Gasteiger partial charge in [-0.1, -0.05) is 30.0 Å². The zero-order chi connectivity index (χ0) is 16.7. The quantitative estimate of drug-likeness (QED) is 0.618. The van der Waals surface area contributed by atoms with Crippen molar-refractivity contribution in [2.45, 2.75) is 29.7 Å². The number of esters is 1. The second-order valence-electron chi connectivity index (χ2n) is 4.66. The molecule has 0 bridgehead atoms. The van der Waals surface area contributed by atoms with Gasteiger partial charge in [0.05, 0.1) is 13.0 Å². The number of hydrogen-bond donors (Lipinski definition) is 1. The average molecular weight is 331 g/mol. The molecule has 120 valence electrons. The lowest BCUT2D eigenvalue weighted by atomic mass is 10.1. The van der Waals surface area contributed by atoms with Crippen LogP contribution in [0, 0.1) is 0 Å². The summed E-state index contributed by atoms with van der Waals surface area (Å²) in [6.45, 7) is 1.98. The lowest BCUT2D eigenvalue weighted by molar-refractivity contribution is -0.143. The molecular weight excluding hydrogens is 314 g/mol. The van der Waals surface area contributed by atoms with Gasteiger partial charge in [0.25, 0.3) is 0 Å². The van der Waals surface area contributed by atoms with Gasteiger partial charge in [0, 0.05) is 11.3 Å². The molecule has 0 radical (unpaired) electrons. The fraction of sp³-hybridized carbons (Fsp3) is 0.235. The van der Waals surface area contributed by atoms with Crippen molar-refractivity contribution in [2.75, 3.05) is 6.61 Å². The first kappa shape index (κ1) is 17.0. The topological polar surface area (TPSA) is 76.5 Å². The summed E-state index contributed by atoms with van der Waals surface area (Å²) in [4.78, 5) is 28.6. The Morgan fingerprint density at radius 3 is 2.57 bits per heavy atom. The molecule has 2 aromatic rings. The largest absolute Gasteiger partial charge is 0.506 e. The molecule has 0 aliphatic heterocycles. The number of ketones is 1. The smallest absolute Gasteiger partial charge is 0.306 e. The van der Waals surface area contributed by atoms with Crippen LogP contribution in [0.1, 0.15) is 30.3 Å². The highest BCUT2D eigenvalue weighted by molar-refractivity contribution is 7.99. The van der Waals surface area contributed by atoms with E-state index < -0.39 is 5.97 Å². The first-order valence-corrected chi connectivity index (χ1v) is 8.03. The van der Waals surface area contributed by atoms with Crippen molar-refractivity contribution in [1.82, 2.24) is 4.98 Å². The lowest BCUT2D eigenvalue weighted by Gasteiger charge is -2.06. The maximum atomic E-state index is 12.1. The van der Waals surface area contributed by atoms with Gasteiger partial charge in [-0.25, -0.2) is 4.98 Å². The molecule has 0 fully saturated rings. The number of aromatic hydroxyl groups is 1. The van der Waals surface area contributed by atoms with Gasteiger partial charge in [0.2, 0.25) is 0 Å². The van der Waals surface area contributed by atoms with Gasteiger partial charge in [-0.05, 0) is 31.2 Å². The summed E-state index contributed by atoms with van der Waals surface area (Å²) in [6, 6.07) is 12.7. The number of carbonyl (C=O) groups excluding carboxylic acids is 2. The molecule has 0 spiro atoms. The number of aromatic nitrogens is 1. The number of pyridine rings is 1. The van der Waals surface area contributed by atoms with Crippen LogP contribution in [0.25, 0.3) is 0 Å². The second kappa shape index (κ2) is 8.33. The fourth-order valence-electron chi connectivity index (χ4n) is 1.87. The maximum absolute atomic E-state index is 12.1. The van der Waals surface area contributed by atoms with Gasteiger partial charge in [0.1, 0.15) is 16.5 Å². The van der Waals surface area contributed by atoms with Crippen molar-refractivity contribution in [3.05, 3.63) is 48.2 Å². The Balaban J connectivity index is 2.07. The number of nitrogens with zero attached hydrogens (tertiary/aromatic N) is 1. The molecule has 1 aromatic carbocycles. The van der Waals surface area contributed by atoms with Crippen LogP contribution in [-0.4, -0.2) is 28.4 Å². The van der Waals surface area contributed by atoms with E-state index in [2.05, 4.69) is 4.98 Å². The molecule has 0 atom stereocenters. The third kappa shape index (κ3) is 5.10. The van der Waals surface area contributed by atoms with Crippen LogP contribution in [0.4, 0.5) is 0 Å². The molecule has 0 saturated carbocycles. The highest BCUT2D eigenvalue weighted by atomic mass is 32.2. The average Bonchev–Trinajstić information content (AvgIpc) is 2.55. The van der Waals surface area contributed by atoms with Gasteiger partial charge < -0.3 is 9.84 Å². The maximum Gasteiger partial charge on any atom is 0.306 e. The van der Waals surface area contributed by atoms with Crippen LogP contribution in [-0.2, 0) is 9.53 Å². The van der Waals surface area contributed by atoms with E-state index in [-0.39, 0.29) is 36.7 Å². The summed E-state index contributed by atoms with van der Waals surface area (Å²) >= 11 is 1.39. The van der Waals surface area contributed by atoms with Crippen LogP contribution >= 0.6 is 11.8 Å². The predicted molar refractivity (Wildman–Crippen MR) is 86.7 cm³/mol. The molecule has 2 rings (SSSR count). The number of rotatable bonds is 7. The van der Waals surface area contributed by atoms with E-state index in [1.54, 1.807) is 13.0 Å². The first-order valence-electron chi connectivity index (χ1n) is 7.22. The minimum atomic E-state index is -0.435. The van der Waals surface area contributed by atoms with Crippen LogP contribution in [0.15, 0.2) is 52.4 Å². The molecule has 0 unspecified atom stereocenters. The standard InChI is InChI=1S/C17H17NO4S/c1-2-22-16(21)11-9-14(20)17-13(19)8-10-15(18-17)23-12-6-4-3-5-7-12/h3-8,10,19H,2,9,11H2,1H3. The minimum Gasteiger partial charge on any atom is -0.506 e. The highest BCUT2D eigenvalue weighted by Crippen LogP contribution is 2.28. The van der Waals surface area contributed by atoms with Crippen molar-refractivity contribution in [2.24, 2.45) is 0 Å². The minimum absolute atomic E-state index is 0.0183. The molecule has 23 heavy (non-hydrogen) atoms. The molecule has 6 heteroatoms. The van der Waals surface area contributed by atoms with E-state index in [9.17, 15) is 14.7 Å².